The summed E-state index contributed by atoms with van der Waals surface area (Å²) in [6.45, 7) is 5.91. The molecule has 1 aromatic carbocycles. The molecule has 1 aliphatic rings. The summed E-state index contributed by atoms with van der Waals surface area (Å²) in [6.07, 6.45) is 5.41. The molecule has 0 aromatic heterocycles. The Kier molecular flexibility index (Phi) is 5.41. The number of nitrogens with two attached hydrogens (primary N) is 1. The van der Waals surface area contributed by atoms with Gasteiger partial charge < -0.3 is 10.5 Å². The minimum atomic E-state index is 0.00241. The van der Waals surface area contributed by atoms with Crippen molar-refractivity contribution in [2.45, 2.75) is 51.5 Å². The molecule has 19 heavy (non-hydrogen) atoms. The molecule has 2 rings (SSSR count). The third-order valence-corrected chi connectivity index (χ3v) is 4.22. The smallest absolute Gasteiger partial charge is 0.0659 e. The number of benzene rings is 1. The second-order valence-electron chi connectivity index (χ2n) is 6.09. The van der Waals surface area contributed by atoms with Crippen LogP contribution < -0.4 is 5.73 Å². The van der Waals surface area contributed by atoms with E-state index in [-0.39, 0.29) is 6.04 Å². The zero-order valence-corrected chi connectivity index (χ0v) is 12.3. The highest BCUT2D eigenvalue weighted by molar-refractivity contribution is 5.26. The Morgan fingerprint density at radius 2 is 1.79 bits per heavy atom. The van der Waals surface area contributed by atoms with Crippen LogP contribution in [0.25, 0.3) is 0 Å². The number of hydrogen-bond donors (Lipinski definition) is 1. The van der Waals surface area contributed by atoms with Crippen molar-refractivity contribution in [3.63, 3.8) is 0 Å². The maximum absolute atomic E-state index is 6.16. The van der Waals surface area contributed by atoms with Gasteiger partial charge in [-0.1, -0.05) is 57.4 Å². The summed E-state index contributed by atoms with van der Waals surface area (Å²) < 4.78 is 5.71. The molecule has 0 aliphatic heterocycles. The normalized spacial score (nSPS) is 17.5. The predicted octanol–water partition coefficient (Wildman–Crippen LogP) is 4.02. The van der Waals surface area contributed by atoms with E-state index in [9.17, 15) is 0 Å². The summed E-state index contributed by atoms with van der Waals surface area (Å²) in [6, 6.07) is 8.62. The molecule has 0 heterocycles. The Balaban J connectivity index is 1.70. The molecule has 1 aliphatic carbocycles. The summed E-state index contributed by atoms with van der Waals surface area (Å²) in [5.41, 5.74) is 8.70. The fourth-order valence-corrected chi connectivity index (χ4v) is 2.47. The van der Waals surface area contributed by atoms with Crippen LogP contribution in [0.5, 0.6) is 0 Å². The Bertz CT molecular complexity index is 367. The molecule has 1 aromatic rings. The summed E-state index contributed by atoms with van der Waals surface area (Å²) in [4.78, 5) is 0. The number of rotatable bonds is 7. The molecule has 0 spiro atoms. The molecule has 0 radical (unpaired) electrons. The van der Waals surface area contributed by atoms with E-state index in [0.717, 1.165) is 12.5 Å². The van der Waals surface area contributed by atoms with Gasteiger partial charge in [0.1, 0.15) is 0 Å². The lowest BCUT2D eigenvalue weighted by Crippen LogP contribution is -2.19. The van der Waals surface area contributed by atoms with Crippen molar-refractivity contribution in [3.8, 4) is 0 Å². The zero-order chi connectivity index (χ0) is 13.7. The summed E-state index contributed by atoms with van der Waals surface area (Å²) >= 11 is 0. The largest absolute Gasteiger partial charge is 0.379 e. The molecule has 106 valence electrons. The highest BCUT2D eigenvalue weighted by Gasteiger charge is 2.16. The van der Waals surface area contributed by atoms with Gasteiger partial charge in [0, 0.05) is 6.61 Å². The first-order valence-corrected chi connectivity index (χ1v) is 7.60. The molecule has 0 amide bonds. The quantitative estimate of drug-likeness (QED) is 0.752. The molecule has 1 saturated carbocycles. The first kappa shape index (κ1) is 14.5. The average molecular weight is 261 g/mol. The minimum Gasteiger partial charge on any atom is -0.379 e. The van der Waals surface area contributed by atoms with Crippen LogP contribution in [-0.4, -0.2) is 13.2 Å². The van der Waals surface area contributed by atoms with E-state index in [4.69, 9.17) is 10.5 Å². The van der Waals surface area contributed by atoms with Crippen LogP contribution in [0, 0.1) is 5.92 Å². The fraction of sp³-hybridized carbons (Fsp3) is 0.647. The van der Waals surface area contributed by atoms with Crippen LogP contribution in [0.1, 0.15) is 62.6 Å². The maximum Gasteiger partial charge on any atom is 0.0659 e. The molecular formula is C17H27NO. The highest BCUT2D eigenvalue weighted by atomic mass is 16.5. The second kappa shape index (κ2) is 7.06. The van der Waals surface area contributed by atoms with Gasteiger partial charge in [-0.05, 0) is 29.4 Å². The van der Waals surface area contributed by atoms with Crippen LogP contribution in [0.3, 0.4) is 0 Å². The zero-order valence-electron chi connectivity index (χ0n) is 12.3. The van der Waals surface area contributed by atoms with E-state index in [2.05, 4.69) is 38.1 Å². The van der Waals surface area contributed by atoms with Gasteiger partial charge in [0.05, 0.1) is 12.6 Å². The van der Waals surface area contributed by atoms with Gasteiger partial charge in [-0.25, -0.2) is 0 Å². The standard InChI is InChI=1S/C17H27NO/c1-13(2)15-6-8-16(9-7-15)17(18)12-19-11-10-14-4-3-5-14/h6-9,13-14,17H,3-5,10-12,18H2,1-2H3. The predicted molar refractivity (Wildman–Crippen MR) is 80.2 cm³/mol. The van der Waals surface area contributed by atoms with Gasteiger partial charge in [0.25, 0.3) is 0 Å². The molecule has 1 fully saturated rings. The van der Waals surface area contributed by atoms with Crippen molar-refractivity contribution in [3.05, 3.63) is 35.4 Å². The Hall–Kier alpha value is -0.860. The van der Waals surface area contributed by atoms with E-state index >= 15 is 0 Å². The van der Waals surface area contributed by atoms with Crippen molar-refractivity contribution in [1.29, 1.82) is 0 Å². The van der Waals surface area contributed by atoms with E-state index in [1.165, 1.54) is 36.8 Å². The lowest BCUT2D eigenvalue weighted by Gasteiger charge is -2.25. The van der Waals surface area contributed by atoms with Gasteiger partial charge in [-0.2, -0.15) is 0 Å². The van der Waals surface area contributed by atoms with Crippen LogP contribution >= 0.6 is 0 Å². The molecule has 2 nitrogen and oxygen atoms in total. The Morgan fingerprint density at radius 3 is 2.32 bits per heavy atom. The van der Waals surface area contributed by atoms with Gasteiger partial charge in [0.2, 0.25) is 0 Å². The van der Waals surface area contributed by atoms with Gasteiger partial charge in [0.15, 0.2) is 0 Å². The highest BCUT2D eigenvalue weighted by Crippen LogP contribution is 2.29. The van der Waals surface area contributed by atoms with Crippen molar-refractivity contribution in [2.75, 3.05) is 13.2 Å². The molecular weight excluding hydrogens is 234 g/mol. The SMILES string of the molecule is CC(C)c1ccc(C(N)COCCC2CCC2)cc1. The van der Waals surface area contributed by atoms with Crippen molar-refractivity contribution in [2.24, 2.45) is 11.7 Å². The molecule has 0 saturated heterocycles. The molecule has 2 N–H and O–H groups in total. The Morgan fingerprint density at radius 1 is 1.16 bits per heavy atom. The minimum absolute atomic E-state index is 0.00241. The topological polar surface area (TPSA) is 35.2 Å². The van der Waals surface area contributed by atoms with Crippen molar-refractivity contribution >= 4 is 0 Å². The van der Waals surface area contributed by atoms with E-state index in [1.807, 2.05) is 0 Å². The molecule has 0 bridgehead atoms. The Labute approximate surface area is 117 Å². The summed E-state index contributed by atoms with van der Waals surface area (Å²) in [7, 11) is 0. The lowest BCUT2D eigenvalue weighted by molar-refractivity contribution is 0.0962. The van der Waals surface area contributed by atoms with E-state index in [0.29, 0.717) is 12.5 Å². The maximum atomic E-state index is 6.16. The van der Waals surface area contributed by atoms with Crippen molar-refractivity contribution < 1.29 is 4.74 Å². The summed E-state index contributed by atoms with van der Waals surface area (Å²) in [5, 5.41) is 0. The van der Waals surface area contributed by atoms with E-state index in [1.54, 1.807) is 0 Å². The molecule has 1 unspecified atom stereocenters. The number of ether oxygens (including phenoxy) is 1. The monoisotopic (exact) mass is 261 g/mol. The van der Waals surface area contributed by atoms with E-state index < -0.39 is 0 Å². The molecule has 1 atom stereocenters. The first-order valence-electron chi connectivity index (χ1n) is 7.60. The van der Waals surface area contributed by atoms with Crippen LogP contribution in [0.15, 0.2) is 24.3 Å². The van der Waals surface area contributed by atoms with Crippen LogP contribution in [0.4, 0.5) is 0 Å². The molecule has 2 heteroatoms. The fourth-order valence-electron chi connectivity index (χ4n) is 2.47. The van der Waals surface area contributed by atoms with Gasteiger partial charge >= 0.3 is 0 Å². The van der Waals surface area contributed by atoms with Crippen molar-refractivity contribution in [1.82, 2.24) is 0 Å². The van der Waals surface area contributed by atoms with Gasteiger partial charge in [-0.15, -0.1) is 0 Å². The first-order chi connectivity index (χ1) is 9.16. The second-order valence-corrected chi connectivity index (χ2v) is 6.09. The lowest BCUT2D eigenvalue weighted by atomic mass is 9.83. The van der Waals surface area contributed by atoms with Gasteiger partial charge in [-0.3, -0.25) is 0 Å². The van der Waals surface area contributed by atoms with Crippen LogP contribution in [0.2, 0.25) is 0 Å². The average Bonchev–Trinajstić information content (AvgIpc) is 2.36. The third-order valence-electron chi connectivity index (χ3n) is 4.22. The summed E-state index contributed by atoms with van der Waals surface area (Å²) in [5.74, 6) is 1.49. The number of hydrogen-bond acceptors (Lipinski definition) is 2. The third kappa shape index (κ3) is 4.32. The van der Waals surface area contributed by atoms with Crippen LogP contribution in [-0.2, 0) is 4.74 Å².